The Morgan fingerprint density at radius 2 is 1.80 bits per heavy atom. The number of aryl methyl sites for hydroxylation is 1. The molecule has 7 nitrogen and oxygen atoms in total. The van der Waals surface area contributed by atoms with Gasteiger partial charge in [0.2, 0.25) is 5.91 Å². The van der Waals surface area contributed by atoms with Crippen LogP contribution in [-0.4, -0.2) is 41.5 Å². The average Bonchev–Trinajstić information content (AvgIpc) is 2.49. The van der Waals surface area contributed by atoms with Crippen LogP contribution in [0.1, 0.15) is 33.3 Å². The van der Waals surface area contributed by atoms with Crippen molar-refractivity contribution in [1.82, 2.24) is 4.90 Å². The highest BCUT2D eigenvalue weighted by atomic mass is 16.4. The van der Waals surface area contributed by atoms with Crippen molar-refractivity contribution in [3.05, 3.63) is 23.8 Å². The van der Waals surface area contributed by atoms with Crippen LogP contribution in [0.4, 0.5) is 16.2 Å². The van der Waals surface area contributed by atoms with Crippen molar-refractivity contribution >= 4 is 29.3 Å². The standard InChI is InChI=1S/C18H27N3O4/c1-11-7-8-13(9-14(11)20-16(24)18(3,4)5)19-17(25)21(6)10-12(2)15(22)23/h7-9,12H,10H2,1-6H3,(H,19,25)(H,20,24)(H,22,23). The summed E-state index contributed by atoms with van der Waals surface area (Å²) in [4.78, 5) is 36.5. The van der Waals surface area contributed by atoms with Crippen molar-refractivity contribution in [3.63, 3.8) is 0 Å². The molecule has 0 aliphatic rings. The van der Waals surface area contributed by atoms with Gasteiger partial charge >= 0.3 is 12.0 Å². The number of carbonyl (C=O) groups excluding carboxylic acids is 2. The normalized spacial score (nSPS) is 12.2. The Hall–Kier alpha value is -2.57. The summed E-state index contributed by atoms with van der Waals surface area (Å²) in [6, 6.07) is 4.80. The van der Waals surface area contributed by atoms with Gasteiger partial charge in [-0.05, 0) is 24.6 Å². The summed E-state index contributed by atoms with van der Waals surface area (Å²) in [5, 5.41) is 14.5. The van der Waals surface area contributed by atoms with E-state index in [1.165, 1.54) is 18.9 Å². The van der Waals surface area contributed by atoms with Gasteiger partial charge in [-0.3, -0.25) is 9.59 Å². The summed E-state index contributed by atoms with van der Waals surface area (Å²) >= 11 is 0. The Morgan fingerprint density at radius 1 is 1.20 bits per heavy atom. The van der Waals surface area contributed by atoms with E-state index in [1.807, 2.05) is 27.7 Å². The molecule has 1 atom stereocenters. The summed E-state index contributed by atoms with van der Waals surface area (Å²) in [5.74, 6) is -1.73. The highest BCUT2D eigenvalue weighted by Crippen LogP contribution is 2.23. The smallest absolute Gasteiger partial charge is 0.321 e. The molecule has 0 saturated heterocycles. The van der Waals surface area contributed by atoms with Crippen molar-refractivity contribution in [2.24, 2.45) is 11.3 Å². The zero-order valence-electron chi connectivity index (χ0n) is 15.6. The molecule has 1 unspecified atom stereocenters. The third kappa shape index (κ3) is 6.10. The molecule has 0 aromatic heterocycles. The topological polar surface area (TPSA) is 98.7 Å². The van der Waals surface area contributed by atoms with E-state index in [4.69, 9.17) is 5.11 Å². The first kappa shape index (κ1) is 20.5. The molecule has 138 valence electrons. The van der Waals surface area contributed by atoms with Crippen LogP contribution in [0.5, 0.6) is 0 Å². The van der Waals surface area contributed by atoms with E-state index in [0.717, 1.165) is 5.56 Å². The van der Waals surface area contributed by atoms with E-state index in [-0.39, 0.29) is 12.5 Å². The largest absolute Gasteiger partial charge is 0.481 e. The van der Waals surface area contributed by atoms with Gasteiger partial charge in [-0.25, -0.2) is 4.79 Å². The average molecular weight is 349 g/mol. The van der Waals surface area contributed by atoms with Crippen molar-refractivity contribution in [3.8, 4) is 0 Å². The lowest BCUT2D eigenvalue weighted by Gasteiger charge is -2.21. The summed E-state index contributed by atoms with van der Waals surface area (Å²) in [6.45, 7) is 8.97. The highest BCUT2D eigenvalue weighted by molar-refractivity contribution is 5.96. The molecule has 0 aliphatic carbocycles. The Bertz CT molecular complexity index is 665. The Morgan fingerprint density at radius 3 is 2.32 bits per heavy atom. The van der Waals surface area contributed by atoms with Crippen LogP contribution in [0, 0.1) is 18.3 Å². The number of hydrogen-bond donors (Lipinski definition) is 3. The second-order valence-corrected chi connectivity index (χ2v) is 7.28. The lowest BCUT2D eigenvalue weighted by atomic mass is 9.95. The van der Waals surface area contributed by atoms with E-state index in [0.29, 0.717) is 11.4 Å². The van der Waals surface area contributed by atoms with Crippen LogP contribution < -0.4 is 10.6 Å². The number of carboxylic acid groups (broad SMARTS) is 1. The minimum absolute atomic E-state index is 0.0979. The summed E-state index contributed by atoms with van der Waals surface area (Å²) in [6.07, 6.45) is 0. The molecule has 1 aromatic carbocycles. The van der Waals surface area contributed by atoms with Gasteiger partial charge in [-0.1, -0.05) is 33.8 Å². The minimum Gasteiger partial charge on any atom is -0.481 e. The quantitative estimate of drug-likeness (QED) is 0.760. The first-order valence-corrected chi connectivity index (χ1v) is 8.09. The summed E-state index contributed by atoms with van der Waals surface area (Å²) in [7, 11) is 1.53. The highest BCUT2D eigenvalue weighted by Gasteiger charge is 2.22. The molecule has 0 heterocycles. The van der Waals surface area contributed by atoms with Crippen LogP contribution >= 0.6 is 0 Å². The van der Waals surface area contributed by atoms with Gasteiger partial charge in [0.1, 0.15) is 0 Å². The van der Waals surface area contributed by atoms with Crippen molar-refractivity contribution in [1.29, 1.82) is 0 Å². The maximum Gasteiger partial charge on any atom is 0.321 e. The number of nitrogens with one attached hydrogen (secondary N) is 2. The fourth-order valence-electron chi connectivity index (χ4n) is 1.93. The van der Waals surface area contributed by atoms with Crippen LogP contribution in [0.3, 0.4) is 0 Å². The third-order valence-electron chi connectivity index (χ3n) is 3.73. The lowest BCUT2D eigenvalue weighted by molar-refractivity contribution is -0.141. The van der Waals surface area contributed by atoms with Crippen LogP contribution in [-0.2, 0) is 9.59 Å². The monoisotopic (exact) mass is 349 g/mol. The van der Waals surface area contributed by atoms with Gasteiger partial charge in [0, 0.05) is 30.4 Å². The van der Waals surface area contributed by atoms with E-state index >= 15 is 0 Å². The Labute approximate surface area is 148 Å². The van der Waals surface area contributed by atoms with Crippen LogP contribution in [0.25, 0.3) is 0 Å². The SMILES string of the molecule is Cc1ccc(NC(=O)N(C)CC(C)C(=O)O)cc1NC(=O)C(C)(C)C. The van der Waals surface area contributed by atoms with Gasteiger partial charge in [0.15, 0.2) is 0 Å². The van der Waals surface area contributed by atoms with Crippen molar-refractivity contribution in [2.75, 3.05) is 24.2 Å². The zero-order chi connectivity index (χ0) is 19.4. The maximum atomic E-state index is 12.2. The van der Waals surface area contributed by atoms with E-state index < -0.39 is 23.3 Å². The van der Waals surface area contributed by atoms with Gasteiger partial charge in [-0.2, -0.15) is 0 Å². The van der Waals surface area contributed by atoms with E-state index in [9.17, 15) is 14.4 Å². The van der Waals surface area contributed by atoms with Gasteiger partial charge < -0.3 is 20.6 Å². The summed E-state index contributed by atoms with van der Waals surface area (Å²) in [5.41, 5.74) is 1.50. The van der Waals surface area contributed by atoms with Gasteiger partial charge in [0.05, 0.1) is 5.92 Å². The number of carboxylic acids is 1. The minimum atomic E-state index is -0.956. The number of aliphatic carboxylic acids is 1. The number of hydrogen-bond acceptors (Lipinski definition) is 3. The molecule has 1 aromatic rings. The molecule has 0 aliphatic heterocycles. The molecule has 0 bridgehead atoms. The molecule has 3 N–H and O–H groups in total. The predicted octanol–water partition coefficient (Wildman–Crippen LogP) is 3.16. The number of carbonyl (C=O) groups is 3. The van der Waals surface area contributed by atoms with Crippen LogP contribution in [0.15, 0.2) is 18.2 Å². The van der Waals surface area contributed by atoms with Gasteiger partial charge in [-0.15, -0.1) is 0 Å². The fourth-order valence-corrected chi connectivity index (χ4v) is 1.93. The first-order valence-electron chi connectivity index (χ1n) is 8.09. The molecule has 25 heavy (non-hydrogen) atoms. The molecular weight excluding hydrogens is 322 g/mol. The van der Waals surface area contributed by atoms with E-state index in [1.54, 1.807) is 18.2 Å². The first-order chi connectivity index (χ1) is 11.4. The van der Waals surface area contributed by atoms with Crippen molar-refractivity contribution < 1.29 is 19.5 Å². The second kappa shape index (κ2) is 8.00. The molecule has 0 spiro atoms. The van der Waals surface area contributed by atoms with E-state index in [2.05, 4.69) is 10.6 Å². The zero-order valence-corrected chi connectivity index (χ0v) is 15.6. The molecule has 0 radical (unpaired) electrons. The summed E-state index contributed by atoms with van der Waals surface area (Å²) < 4.78 is 0. The molecule has 1 rings (SSSR count). The van der Waals surface area contributed by atoms with Crippen molar-refractivity contribution in [2.45, 2.75) is 34.6 Å². The molecule has 0 saturated carbocycles. The maximum absolute atomic E-state index is 12.2. The molecule has 3 amide bonds. The number of amides is 3. The molecule has 0 fully saturated rings. The molecular formula is C18H27N3O4. The van der Waals surface area contributed by atoms with Crippen LogP contribution in [0.2, 0.25) is 0 Å². The number of nitrogens with zero attached hydrogens (tertiary/aromatic N) is 1. The Balaban J connectivity index is 2.83. The fraction of sp³-hybridized carbons (Fsp3) is 0.500. The Kier molecular flexibility index (Phi) is 6.55. The number of benzene rings is 1. The number of anilines is 2. The third-order valence-corrected chi connectivity index (χ3v) is 3.73. The number of urea groups is 1. The second-order valence-electron chi connectivity index (χ2n) is 7.28. The lowest BCUT2D eigenvalue weighted by Crippen LogP contribution is -2.36. The molecule has 7 heteroatoms. The predicted molar refractivity (Wildman–Crippen MR) is 97.7 cm³/mol. The van der Waals surface area contributed by atoms with Gasteiger partial charge in [0.25, 0.3) is 0 Å². The number of rotatable bonds is 5.